The van der Waals surface area contributed by atoms with Gasteiger partial charge in [0.1, 0.15) is 12.4 Å². The molecule has 2 heteroatoms. The Bertz CT molecular complexity index is 229. The second kappa shape index (κ2) is 7.52. The van der Waals surface area contributed by atoms with Crippen molar-refractivity contribution in [3.05, 3.63) is 24.2 Å². The summed E-state index contributed by atoms with van der Waals surface area (Å²) in [5.41, 5.74) is 0. The van der Waals surface area contributed by atoms with E-state index in [4.69, 9.17) is 9.15 Å². The van der Waals surface area contributed by atoms with Crippen molar-refractivity contribution < 1.29 is 9.15 Å². The summed E-state index contributed by atoms with van der Waals surface area (Å²) in [5.74, 6) is 1.63. The normalized spacial score (nSPS) is 12.9. The van der Waals surface area contributed by atoms with Gasteiger partial charge in [0.25, 0.3) is 0 Å². The van der Waals surface area contributed by atoms with Gasteiger partial charge in [0, 0.05) is 6.61 Å². The number of hydrogen-bond acceptors (Lipinski definition) is 2. The van der Waals surface area contributed by atoms with Crippen molar-refractivity contribution in [2.24, 2.45) is 5.92 Å². The van der Waals surface area contributed by atoms with Crippen LogP contribution in [-0.2, 0) is 11.3 Å². The van der Waals surface area contributed by atoms with Gasteiger partial charge in [-0.15, -0.1) is 0 Å². The zero-order valence-corrected chi connectivity index (χ0v) is 9.87. The molecule has 2 nitrogen and oxygen atoms in total. The first kappa shape index (κ1) is 12.3. The molecule has 0 spiro atoms. The quantitative estimate of drug-likeness (QED) is 0.646. The molecule has 0 saturated carbocycles. The molecule has 0 bridgehead atoms. The summed E-state index contributed by atoms with van der Waals surface area (Å²) in [6, 6.07) is 3.85. The minimum absolute atomic E-state index is 0.607. The lowest BCUT2D eigenvalue weighted by Gasteiger charge is -2.13. The van der Waals surface area contributed by atoms with Crippen LogP contribution in [0.15, 0.2) is 22.8 Å². The molecule has 86 valence electrons. The monoisotopic (exact) mass is 210 g/mol. The van der Waals surface area contributed by atoms with Crippen LogP contribution in [0.25, 0.3) is 0 Å². The summed E-state index contributed by atoms with van der Waals surface area (Å²) in [4.78, 5) is 0. The van der Waals surface area contributed by atoms with Crippen LogP contribution in [0.2, 0.25) is 0 Å². The standard InChI is InChI=1S/C13H22O2/c1-3-5-7-12(4-2)10-14-11-13-8-6-9-15-13/h6,8-9,12H,3-5,7,10-11H2,1-2H3. The molecule has 1 unspecified atom stereocenters. The van der Waals surface area contributed by atoms with Crippen molar-refractivity contribution in [2.75, 3.05) is 6.61 Å². The molecule has 1 atom stereocenters. The van der Waals surface area contributed by atoms with Crippen molar-refractivity contribution in [3.63, 3.8) is 0 Å². The van der Waals surface area contributed by atoms with Gasteiger partial charge < -0.3 is 9.15 Å². The van der Waals surface area contributed by atoms with Crippen molar-refractivity contribution in [2.45, 2.75) is 46.1 Å². The first-order chi connectivity index (χ1) is 7.36. The van der Waals surface area contributed by atoms with Crippen LogP contribution < -0.4 is 0 Å². The van der Waals surface area contributed by atoms with E-state index in [-0.39, 0.29) is 0 Å². The maximum atomic E-state index is 5.63. The highest BCUT2D eigenvalue weighted by atomic mass is 16.5. The third-order valence-electron chi connectivity index (χ3n) is 2.72. The summed E-state index contributed by atoms with van der Waals surface area (Å²) in [7, 11) is 0. The number of hydrogen-bond donors (Lipinski definition) is 0. The zero-order valence-electron chi connectivity index (χ0n) is 9.87. The minimum atomic E-state index is 0.607. The highest BCUT2D eigenvalue weighted by Gasteiger charge is 2.06. The molecule has 1 aromatic heterocycles. The summed E-state index contributed by atoms with van der Waals surface area (Å²) in [5, 5.41) is 0. The molecular formula is C13H22O2. The van der Waals surface area contributed by atoms with Gasteiger partial charge in [0.05, 0.1) is 6.26 Å². The molecule has 0 amide bonds. The molecular weight excluding hydrogens is 188 g/mol. The Kier molecular flexibility index (Phi) is 6.17. The number of unbranched alkanes of at least 4 members (excludes halogenated alkanes) is 1. The third-order valence-corrected chi connectivity index (χ3v) is 2.72. The molecule has 15 heavy (non-hydrogen) atoms. The molecule has 1 heterocycles. The average molecular weight is 210 g/mol. The van der Waals surface area contributed by atoms with Gasteiger partial charge in [-0.1, -0.05) is 33.1 Å². The molecule has 0 saturated heterocycles. The Labute approximate surface area is 92.6 Å². The maximum Gasteiger partial charge on any atom is 0.129 e. The fourth-order valence-electron chi connectivity index (χ4n) is 1.62. The lowest BCUT2D eigenvalue weighted by Crippen LogP contribution is -2.08. The fraction of sp³-hybridized carbons (Fsp3) is 0.692. The van der Waals surface area contributed by atoms with Crippen molar-refractivity contribution in [1.82, 2.24) is 0 Å². The lowest BCUT2D eigenvalue weighted by atomic mass is 10.0. The van der Waals surface area contributed by atoms with Crippen LogP contribution in [0, 0.1) is 5.92 Å². The number of furan rings is 1. The van der Waals surface area contributed by atoms with Gasteiger partial charge in [-0.05, 0) is 24.5 Å². The van der Waals surface area contributed by atoms with Crippen LogP contribution in [0.3, 0.4) is 0 Å². The number of rotatable bonds is 8. The molecule has 0 radical (unpaired) electrons. The topological polar surface area (TPSA) is 22.4 Å². The zero-order chi connectivity index (χ0) is 10.9. The molecule has 0 aliphatic rings. The summed E-state index contributed by atoms with van der Waals surface area (Å²) < 4.78 is 10.8. The summed E-state index contributed by atoms with van der Waals surface area (Å²) in [6.45, 7) is 5.93. The van der Waals surface area contributed by atoms with Crippen LogP contribution in [0.4, 0.5) is 0 Å². The second-order valence-electron chi connectivity index (χ2n) is 4.01. The van der Waals surface area contributed by atoms with E-state index in [1.165, 1.54) is 25.7 Å². The molecule has 0 N–H and O–H groups in total. The van der Waals surface area contributed by atoms with Crippen LogP contribution in [0.1, 0.15) is 45.3 Å². The maximum absolute atomic E-state index is 5.63. The third kappa shape index (κ3) is 5.03. The van der Waals surface area contributed by atoms with E-state index in [0.29, 0.717) is 12.5 Å². The predicted molar refractivity (Wildman–Crippen MR) is 61.7 cm³/mol. The highest BCUT2D eigenvalue weighted by molar-refractivity contribution is 4.95. The lowest BCUT2D eigenvalue weighted by molar-refractivity contribution is 0.0709. The van der Waals surface area contributed by atoms with Gasteiger partial charge in [0.15, 0.2) is 0 Å². The molecule has 0 fully saturated rings. The van der Waals surface area contributed by atoms with Gasteiger partial charge in [-0.25, -0.2) is 0 Å². The van der Waals surface area contributed by atoms with Gasteiger partial charge in [-0.2, -0.15) is 0 Å². The van der Waals surface area contributed by atoms with Gasteiger partial charge >= 0.3 is 0 Å². The molecule has 0 aliphatic carbocycles. The first-order valence-corrected chi connectivity index (χ1v) is 5.97. The molecule has 0 aromatic carbocycles. The Balaban J connectivity index is 2.11. The largest absolute Gasteiger partial charge is 0.467 e. The van der Waals surface area contributed by atoms with Crippen LogP contribution in [0.5, 0.6) is 0 Å². The van der Waals surface area contributed by atoms with Crippen LogP contribution >= 0.6 is 0 Å². The second-order valence-corrected chi connectivity index (χ2v) is 4.01. The smallest absolute Gasteiger partial charge is 0.129 e. The van der Waals surface area contributed by atoms with E-state index in [1.54, 1.807) is 6.26 Å². The first-order valence-electron chi connectivity index (χ1n) is 5.97. The fourth-order valence-corrected chi connectivity index (χ4v) is 1.62. The average Bonchev–Trinajstić information content (AvgIpc) is 2.76. The van der Waals surface area contributed by atoms with Crippen molar-refractivity contribution >= 4 is 0 Å². The van der Waals surface area contributed by atoms with E-state index in [0.717, 1.165) is 12.4 Å². The summed E-state index contributed by atoms with van der Waals surface area (Å²) in [6.07, 6.45) is 6.76. The molecule has 0 aliphatic heterocycles. The Morgan fingerprint density at radius 1 is 1.40 bits per heavy atom. The van der Waals surface area contributed by atoms with E-state index >= 15 is 0 Å². The van der Waals surface area contributed by atoms with E-state index in [2.05, 4.69) is 13.8 Å². The van der Waals surface area contributed by atoms with E-state index in [1.807, 2.05) is 12.1 Å². The molecule has 1 aromatic rings. The summed E-state index contributed by atoms with van der Waals surface area (Å²) >= 11 is 0. The number of ether oxygens (including phenoxy) is 1. The van der Waals surface area contributed by atoms with Gasteiger partial charge in [0.2, 0.25) is 0 Å². The van der Waals surface area contributed by atoms with E-state index in [9.17, 15) is 0 Å². The van der Waals surface area contributed by atoms with Crippen LogP contribution in [-0.4, -0.2) is 6.61 Å². The van der Waals surface area contributed by atoms with Crippen molar-refractivity contribution in [1.29, 1.82) is 0 Å². The van der Waals surface area contributed by atoms with Gasteiger partial charge in [-0.3, -0.25) is 0 Å². The SMILES string of the molecule is CCCCC(CC)COCc1ccco1. The predicted octanol–water partition coefficient (Wildman–Crippen LogP) is 4.01. The van der Waals surface area contributed by atoms with E-state index < -0.39 is 0 Å². The Hall–Kier alpha value is -0.760. The Morgan fingerprint density at radius 3 is 2.87 bits per heavy atom. The minimum Gasteiger partial charge on any atom is -0.467 e. The Morgan fingerprint density at radius 2 is 2.27 bits per heavy atom. The molecule has 1 rings (SSSR count). The highest BCUT2D eigenvalue weighted by Crippen LogP contribution is 2.13. The van der Waals surface area contributed by atoms with Crippen molar-refractivity contribution in [3.8, 4) is 0 Å².